The standard InChI is InChI=1S/C5H7N2O2/c6-5(9)3-1-2-4(8)7-3/h3,6H,1-2H2,(H,7,8)/t3-/m1/s1. The number of hydrogen-bond donors (Lipinski definition) is 1. The Morgan fingerprint density at radius 2 is 2.44 bits per heavy atom. The maximum absolute atomic E-state index is 10.4. The number of carbonyl (C=O) groups is 2. The Morgan fingerprint density at radius 3 is 2.67 bits per heavy atom. The number of carbonyl (C=O) groups excluding carboxylic acids is 2. The Morgan fingerprint density at radius 1 is 1.78 bits per heavy atom. The van der Waals surface area contributed by atoms with Crippen LogP contribution in [0.4, 0.5) is 0 Å². The van der Waals surface area contributed by atoms with Gasteiger partial charge in [-0.05, 0) is 6.42 Å². The number of nitrogens with one attached hydrogen (secondary N) is 2. The molecule has 49 valence electrons. The lowest BCUT2D eigenvalue weighted by atomic mass is 10.2. The molecule has 1 aliphatic heterocycles. The van der Waals surface area contributed by atoms with Gasteiger partial charge in [0, 0.05) is 6.42 Å². The van der Waals surface area contributed by atoms with Gasteiger partial charge in [-0.2, -0.15) is 0 Å². The minimum atomic E-state index is -0.694. The van der Waals surface area contributed by atoms with Crippen molar-refractivity contribution in [1.29, 1.82) is 0 Å². The van der Waals surface area contributed by atoms with Gasteiger partial charge in [0.25, 0.3) is 5.91 Å². The van der Waals surface area contributed by atoms with Crippen LogP contribution in [0.15, 0.2) is 0 Å². The first kappa shape index (κ1) is 6.07. The van der Waals surface area contributed by atoms with Crippen molar-refractivity contribution in [1.82, 2.24) is 11.1 Å². The second kappa shape index (κ2) is 2.05. The van der Waals surface area contributed by atoms with Crippen LogP contribution in [0.3, 0.4) is 0 Å². The molecular formula is C5H7N2O2. The minimum absolute atomic E-state index is 0.124. The monoisotopic (exact) mass is 127 g/mol. The Balaban J connectivity index is 2.48. The van der Waals surface area contributed by atoms with Gasteiger partial charge < -0.3 is 5.32 Å². The average Bonchev–Trinajstić information content (AvgIpc) is 2.14. The first-order valence-corrected chi connectivity index (χ1v) is 2.75. The molecule has 0 aromatic rings. The molecule has 1 saturated heterocycles. The second-order valence-electron chi connectivity index (χ2n) is 2.02. The van der Waals surface area contributed by atoms with Gasteiger partial charge in [-0.3, -0.25) is 15.3 Å². The molecule has 2 amide bonds. The van der Waals surface area contributed by atoms with E-state index in [1.807, 2.05) is 0 Å². The normalized spacial score (nSPS) is 25.8. The maximum Gasteiger partial charge on any atom is 0.260 e. The van der Waals surface area contributed by atoms with Gasteiger partial charge in [0.15, 0.2) is 0 Å². The molecule has 1 heterocycles. The van der Waals surface area contributed by atoms with Gasteiger partial charge >= 0.3 is 0 Å². The van der Waals surface area contributed by atoms with Crippen molar-refractivity contribution in [3.8, 4) is 0 Å². The van der Waals surface area contributed by atoms with Gasteiger partial charge in [0.2, 0.25) is 5.91 Å². The molecule has 4 nitrogen and oxygen atoms in total. The fraction of sp³-hybridized carbons (Fsp3) is 0.600. The highest BCUT2D eigenvalue weighted by atomic mass is 16.2. The summed E-state index contributed by atoms with van der Waals surface area (Å²) in [6.45, 7) is 0. The van der Waals surface area contributed by atoms with Crippen LogP contribution in [0.5, 0.6) is 0 Å². The van der Waals surface area contributed by atoms with Crippen LogP contribution in [0.25, 0.3) is 0 Å². The molecule has 0 spiro atoms. The molecule has 0 unspecified atom stereocenters. The summed E-state index contributed by atoms with van der Waals surface area (Å²) in [5.41, 5.74) is 6.61. The second-order valence-corrected chi connectivity index (χ2v) is 2.02. The summed E-state index contributed by atoms with van der Waals surface area (Å²) in [6, 6.07) is -0.530. The Kier molecular flexibility index (Phi) is 1.38. The third kappa shape index (κ3) is 1.19. The maximum atomic E-state index is 10.4. The molecule has 2 N–H and O–H groups in total. The minimum Gasteiger partial charge on any atom is -0.344 e. The van der Waals surface area contributed by atoms with E-state index in [0.29, 0.717) is 12.8 Å². The van der Waals surface area contributed by atoms with E-state index in [4.69, 9.17) is 5.73 Å². The predicted molar refractivity (Wildman–Crippen MR) is 29.3 cm³/mol. The van der Waals surface area contributed by atoms with Crippen LogP contribution >= 0.6 is 0 Å². The van der Waals surface area contributed by atoms with Crippen molar-refractivity contribution in [2.24, 2.45) is 0 Å². The van der Waals surface area contributed by atoms with E-state index in [2.05, 4.69) is 5.32 Å². The lowest BCUT2D eigenvalue weighted by Gasteiger charge is -2.00. The van der Waals surface area contributed by atoms with Gasteiger partial charge in [-0.25, -0.2) is 0 Å². The number of amides is 2. The van der Waals surface area contributed by atoms with E-state index in [9.17, 15) is 9.59 Å². The van der Waals surface area contributed by atoms with Crippen molar-refractivity contribution in [2.75, 3.05) is 0 Å². The highest BCUT2D eigenvalue weighted by molar-refractivity contribution is 5.89. The first-order valence-electron chi connectivity index (χ1n) is 2.75. The third-order valence-corrected chi connectivity index (χ3v) is 1.31. The topological polar surface area (TPSA) is 70.0 Å². The summed E-state index contributed by atoms with van der Waals surface area (Å²) in [7, 11) is 0. The lowest BCUT2D eigenvalue weighted by molar-refractivity contribution is -0.124. The SMILES string of the molecule is [NH]C(=O)[C@H]1CCC(=O)N1. The molecule has 1 aliphatic rings. The van der Waals surface area contributed by atoms with Crippen molar-refractivity contribution in [2.45, 2.75) is 18.9 Å². The van der Waals surface area contributed by atoms with Crippen molar-refractivity contribution in [3.63, 3.8) is 0 Å². The molecule has 9 heavy (non-hydrogen) atoms. The highest BCUT2D eigenvalue weighted by Crippen LogP contribution is 2.04. The molecule has 0 saturated carbocycles. The van der Waals surface area contributed by atoms with Crippen LogP contribution in [0, 0.1) is 0 Å². The smallest absolute Gasteiger partial charge is 0.260 e. The van der Waals surface area contributed by atoms with E-state index in [1.165, 1.54) is 0 Å². The van der Waals surface area contributed by atoms with Gasteiger partial charge in [-0.1, -0.05) is 0 Å². The van der Waals surface area contributed by atoms with E-state index in [0.717, 1.165) is 0 Å². The van der Waals surface area contributed by atoms with Crippen LogP contribution < -0.4 is 11.1 Å². The zero-order valence-corrected chi connectivity index (χ0v) is 4.81. The van der Waals surface area contributed by atoms with E-state index in [1.54, 1.807) is 0 Å². The summed E-state index contributed by atoms with van der Waals surface area (Å²) < 4.78 is 0. The first-order chi connectivity index (χ1) is 4.20. The van der Waals surface area contributed by atoms with E-state index in [-0.39, 0.29) is 5.91 Å². The number of hydrogen-bond acceptors (Lipinski definition) is 2. The Bertz CT molecular complexity index is 155. The van der Waals surface area contributed by atoms with Gasteiger partial charge in [0.1, 0.15) is 6.04 Å². The molecule has 1 fully saturated rings. The summed E-state index contributed by atoms with van der Waals surface area (Å²) >= 11 is 0. The number of rotatable bonds is 1. The fourth-order valence-electron chi connectivity index (χ4n) is 0.811. The van der Waals surface area contributed by atoms with Gasteiger partial charge in [-0.15, -0.1) is 0 Å². The fourth-order valence-corrected chi connectivity index (χ4v) is 0.811. The van der Waals surface area contributed by atoms with Crippen LogP contribution in [-0.2, 0) is 9.59 Å². The average molecular weight is 127 g/mol. The largest absolute Gasteiger partial charge is 0.344 e. The Hall–Kier alpha value is -1.06. The zero-order valence-electron chi connectivity index (χ0n) is 4.81. The molecule has 4 heteroatoms. The Labute approximate surface area is 52.4 Å². The summed E-state index contributed by atoms with van der Waals surface area (Å²) in [5, 5.41) is 2.38. The summed E-state index contributed by atoms with van der Waals surface area (Å²) in [4.78, 5) is 20.7. The van der Waals surface area contributed by atoms with Crippen molar-refractivity contribution < 1.29 is 9.59 Å². The zero-order chi connectivity index (χ0) is 6.85. The van der Waals surface area contributed by atoms with E-state index < -0.39 is 11.9 Å². The molecule has 0 aliphatic carbocycles. The molecule has 0 bridgehead atoms. The van der Waals surface area contributed by atoms with E-state index >= 15 is 0 Å². The molecule has 1 atom stereocenters. The van der Waals surface area contributed by atoms with Crippen molar-refractivity contribution in [3.05, 3.63) is 0 Å². The molecule has 0 aromatic heterocycles. The highest BCUT2D eigenvalue weighted by Gasteiger charge is 2.25. The summed E-state index contributed by atoms with van der Waals surface area (Å²) in [5.74, 6) is -0.818. The van der Waals surface area contributed by atoms with Crippen LogP contribution in [0.1, 0.15) is 12.8 Å². The molecular weight excluding hydrogens is 120 g/mol. The van der Waals surface area contributed by atoms with Crippen LogP contribution in [-0.4, -0.2) is 17.9 Å². The van der Waals surface area contributed by atoms with Gasteiger partial charge in [0.05, 0.1) is 0 Å². The third-order valence-electron chi connectivity index (χ3n) is 1.31. The summed E-state index contributed by atoms with van der Waals surface area (Å²) in [6.07, 6.45) is 0.871. The van der Waals surface area contributed by atoms with Crippen LogP contribution in [0.2, 0.25) is 0 Å². The molecule has 0 aromatic carbocycles. The quantitative estimate of drug-likeness (QED) is 0.494. The predicted octanol–water partition coefficient (Wildman–Crippen LogP) is -0.926. The molecule has 1 radical (unpaired) electrons. The molecule has 1 rings (SSSR count). The lowest BCUT2D eigenvalue weighted by Crippen LogP contribution is -2.33. The van der Waals surface area contributed by atoms with Crippen molar-refractivity contribution >= 4 is 11.8 Å².